The van der Waals surface area contributed by atoms with Gasteiger partial charge >= 0.3 is 6.09 Å². The largest absolute Gasteiger partial charge is 0.491 e. The molecule has 23 nitrogen and oxygen atoms in total. The van der Waals surface area contributed by atoms with Crippen molar-refractivity contribution in [1.82, 2.24) is 31.2 Å². The van der Waals surface area contributed by atoms with E-state index in [0.717, 1.165) is 73.5 Å². The number of para-hydroxylation sites is 1. The van der Waals surface area contributed by atoms with Crippen molar-refractivity contribution >= 4 is 58.6 Å². The van der Waals surface area contributed by atoms with E-state index in [0.29, 0.717) is 76.1 Å². The Morgan fingerprint density at radius 3 is 2.09 bits per heavy atom. The number of anilines is 1. The van der Waals surface area contributed by atoms with Crippen LogP contribution in [0.15, 0.2) is 115 Å². The molecule has 0 spiro atoms. The second-order valence-corrected chi connectivity index (χ2v) is 29.1. The third-order valence-corrected chi connectivity index (χ3v) is 20.7. The summed E-state index contributed by atoms with van der Waals surface area (Å²) in [5.74, 6) is -2.85. The number of nitrogens with one attached hydrogen (secondary N) is 4. The Morgan fingerprint density at radius 1 is 0.786 bits per heavy atom. The number of nitrogens with two attached hydrogens (primary N) is 1. The third-order valence-electron chi connectivity index (χ3n) is 19.7. The summed E-state index contributed by atoms with van der Waals surface area (Å²) >= 11 is 1.50. The Kier molecular flexibility index (Phi) is 25.4. The van der Waals surface area contributed by atoms with Crippen LogP contribution in [0.1, 0.15) is 123 Å². The van der Waals surface area contributed by atoms with Gasteiger partial charge in [-0.1, -0.05) is 124 Å². The van der Waals surface area contributed by atoms with Crippen molar-refractivity contribution in [3.8, 4) is 27.3 Å². The maximum absolute atomic E-state index is 14.7. The first kappa shape index (κ1) is 75.5. The number of fused-ring (bicyclic) bond motifs is 3. The van der Waals surface area contributed by atoms with E-state index in [1.165, 1.54) is 21.1 Å². The molecule has 1 saturated heterocycles. The van der Waals surface area contributed by atoms with Crippen LogP contribution in [0.25, 0.3) is 21.6 Å². The van der Waals surface area contributed by atoms with Crippen molar-refractivity contribution in [2.75, 3.05) is 77.5 Å². The molecule has 2 aliphatic carbocycles. The lowest BCUT2D eigenvalue weighted by Gasteiger charge is -2.35. The Bertz CT molecular complexity index is 3930. The van der Waals surface area contributed by atoms with E-state index in [1.807, 2.05) is 111 Å². The van der Waals surface area contributed by atoms with Gasteiger partial charge in [-0.3, -0.25) is 33.7 Å². The van der Waals surface area contributed by atoms with Gasteiger partial charge in [-0.15, -0.1) is 11.3 Å². The van der Waals surface area contributed by atoms with E-state index in [-0.39, 0.29) is 84.0 Å². The Hall–Kier alpha value is -8.69. The molecule has 5 aliphatic rings. The van der Waals surface area contributed by atoms with E-state index in [4.69, 9.17) is 38.9 Å². The predicted octanol–water partition coefficient (Wildman–Crippen LogP) is 8.27. The predicted molar refractivity (Wildman–Crippen MR) is 385 cm³/mol. The molecule has 1 saturated carbocycles. The maximum atomic E-state index is 14.7. The number of alkyl halides is 1. The summed E-state index contributed by atoms with van der Waals surface area (Å²) in [7, 11) is 0. The van der Waals surface area contributed by atoms with Crippen LogP contribution < -0.4 is 36.6 Å². The number of thiazole rings is 1. The van der Waals surface area contributed by atoms with E-state index in [9.17, 15) is 43.1 Å². The smallest absolute Gasteiger partial charge is 0.407 e. The molecule has 7 amide bonds. The number of nitrogens with zero attached hydrogens (tertiary/aromatic N) is 3. The number of halogens is 1. The molecule has 2 fully saturated rings. The summed E-state index contributed by atoms with van der Waals surface area (Å²) in [6, 6.07) is 31.1. The van der Waals surface area contributed by atoms with Crippen LogP contribution in [0, 0.1) is 12.3 Å². The van der Waals surface area contributed by atoms with Gasteiger partial charge < -0.3 is 70.2 Å². The van der Waals surface area contributed by atoms with E-state index < -0.39 is 95.0 Å². The SMILES string of the molecule is Cc1ncsc1-c1ccc(CNC(=O)[C@@H]2C[C@@H](O)CN2C(=O)[C@@H](NC(=O)C2(F)CC2)C(C)(C)C)c(OCCOCCOCCOCCOCCCc2ccc(CO[C@H](C)[C@H](CCC(N)=O)NC(=O)[C@@H]3Cc4cccc5c4N3C(=O)[C@@H](NC(=O)OCC3c4ccccc4-c4ccccc43)CC5)cc2)c1. The number of alkyl carbamates (subject to hydrolysis) is 1. The van der Waals surface area contributed by atoms with Gasteiger partial charge in [-0.2, -0.15) is 0 Å². The van der Waals surface area contributed by atoms with Gasteiger partial charge in [0.25, 0.3) is 5.91 Å². The maximum Gasteiger partial charge on any atom is 0.407 e. The minimum Gasteiger partial charge on any atom is -0.491 e. The second kappa shape index (κ2) is 34.7. The van der Waals surface area contributed by atoms with E-state index >= 15 is 0 Å². The fourth-order valence-electron chi connectivity index (χ4n) is 13.8. The first-order valence-electron chi connectivity index (χ1n) is 35.7. The molecule has 1 aromatic heterocycles. The Balaban J connectivity index is 0.553. The second-order valence-electron chi connectivity index (χ2n) is 28.2. The van der Waals surface area contributed by atoms with Gasteiger partial charge in [0.15, 0.2) is 5.67 Å². The van der Waals surface area contributed by atoms with Gasteiger partial charge in [-0.25, -0.2) is 14.2 Å². The van der Waals surface area contributed by atoms with Gasteiger partial charge in [0.2, 0.25) is 29.5 Å². The van der Waals surface area contributed by atoms with Crippen molar-refractivity contribution in [1.29, 1.82) is 0 Å². The number of ether oxygens (including phenoxy) is 7. The molecule has 11 rings (SSSR count). The molecule has 7 atom stereocenters. The van der Waals surface area contributed by atoms with Crippen LogP contribution in [0.4, 0.5) is 14.9 Å². The molecule has 25 heteroatoms. The number of aromatic nitrogens is 1. The van der Waals surface area contributed by atoms with Crippen molar-refractivity contribution in [2.45, 2.75) is 166 Å². The fraction of sp³-hybridized carbons (Fsp3) is 0.487. The Labute approximate surface area is 604 Å². The topological polar surface area (TPSA) is 298 Å². The summed E-state index contributed by atoms with van der Waals surface area (Å²) in [5.41, 5.74) is 15.9. The van der Waals surface area contributed by atoms with Crippen LogP contribution in [0.5, 0.6) is 5.75 Å². The fourth-order valence-corrected chi connectivity index (χ4v) is 14.6. The Morgan fingerprint density at radius 2 is 1.44 bits per heavy atom. The molecular formula is C78H95FN8O15S. The molecule has 4 heterocycles. The molecular weight excluding hydrogens is 1340 g/mol. The number of benzene rings is 5. The average molecular weight is 1440 g/mol. The summed E-state index contributed by atoms with van der Waals surface area (Å²) in [5, 5.41) is 22.2. The van der Waals surface area contributed by atoms with E-state index in [2.05, 4.69) is 38.4 Å². The van der Waals surface area contributed by atoms with Crippen molar-refractivity contribution < 1.29 is 76.2 Å². The monoisotopic (exact) mass is 1430 g/mol. The number of primary amides is 1. The number of rotatable bonds is 36. The zero-order chi connectivity index (χ0) is 72.8. The van der Waals surface area contributed by atoms with Crippen LogP contribution in [0.2, 0.25) is 0 Å². The minimum atomic E-state index is -1.99. The number of amides is 7. The summed E-state index contributed by atoms with van der Waals surface area (Å²) in [6.45, 7) is 12.6. The number of hydrogen-bond donors (Lipinski definition) is 6. The highest BCUT2D eigenvalue weighted by Gasteiger charge is 2.54. The number of hydrogen-bond acceptors (Lipinski definition) is 17. The number of β-amino-alcohol motifs (C(OH)–C–C–N with tert-alkyl or cyclic N) is 1. The number of aryl methyl sites for hydroxylation is 3. The zero-order valence-electron chi connectivity index (χ0n) is 59.2. The average Bonchev–Trinajstić information content (AvgIpc) is 1.61. The molecule has 103 heavy (non-hydrogen) atoms. The van der Waals surface area contributed by atoms with Crippen LogP contribution in [-0.4, -0.2) is 177 Å². The molecule has 7 N–H and O–H groups in total. The molecule has 0 bridgehead atoms. The molecule has 0 unspecified atom stereocenters. The quantitative estimate of drug-likeness (QED) is 0.0202. The van der Waals surface area contributed by atoms with Gasteiger partial charge in [0, 0.05) is 50.4 Å². The molecule has 0 radical (unpaired) electrons. The number of likely N-dealkylation sites (tertiary alicyclic amines) is 1. The van der Waals surface area contributed by atoms with Crippen LogP contribution >= 0.6 is 11.3 Å². The summed E-state index contributed by atoms with van der Waals surface area (Å²) in [4.78, 5) is 103. The minimum absolute atomic E-state index is 0.00100. The van der Waals surface area contributed by atoms with Crippen molar-refractivity contribution in [3.05, 3.63) is 159 Å². The molecule has 3 aliphatic heterocycles. The highest BCUT2D eigenvalue weighted by Crippen LogP contribution is 2.45. The number of aliphatic hydroxyl groups excluding tert-OH is 1. The highest BCUT2D eigenvalue weighted by atomic mass is 32.1. The molecule has 5 aromatic carbocycles. The summed E-state index contributed by atoms with van der Waals surface area (Å²) < 4.78 is 56.2. The normalized spacial score (nSPS) is 18.8. The standard InChI is InChI=1S/C78H95FN8O15S/c1-48-69(103-47-82-48)54-23-24-55(43-81-71(90)64-42-56(88)44-86(64)74(93)70(77(3,4)5)85-75(94)78(79)29-30-78)66(41-54)100-39-38-99-37-36-98-35-34-97-33-32-96-31-11-12-50-19-21-51(22-20-50)45-101-49(2)62(27-28-67(80)89)83-72(91)65-40-53-14-10-13-52-25-26-63(73(92)87(65)68(52)53)84-76(95)102-46-61-59-17-8-6-15-57(59)58-16-7-9-18-60(58)61/h6-10,13-24,41,47,49,56,61-65,70,88H,11-12,25-40,42-46H2,1-5H3,(H2,80,89)(H,81,90)(H,83,91)(H,84,95)(H,85,94)/t49-,56-,62+,63+,64+,65+,70-/m1/s1. The van der Waals surface area contributed by atoms with Gasteiger partial charge in [0.1, 0.15) is 43.1 Å². The highest BCUT2D eigenvalue weighted by molar-refractivity contribution is 7.13. The third kappa shape index (κ3) is 19.2. The lowest BCUT2D eigenvalue weighted by atomic mass is 9.85. The lowest BCUT2D eigenvalue weighted by molar-refractivity contribution is -0.145. The van der Waals surface area contributed by atoms with Crippen molar-refractivity contribution in [2.24, 2.45) is 11.1 Å². The number of carbonyl (C=O) groups excluding carboxylic acids is 7. The lowest BCUT2D eigenvalue weighted by Crippen LogP contribution is -2.59. The first-order valence-corrected chi connectivity index (χ1v) is 36.6. The van der Waals surface area contributed by atoms with Gasteiger partial charge in [0.05, 0.1) is 92.9 Å². The zero-order valence-corrected chi connectivity index (χ0v) is 60.0. The number of aliphatic hydroxyl groups is 1. The molecule has 550 valence electrons. The van der Waals surface area contributed by atoms with Crippen molar-refractivity contribution in [3.63, 3.8) is 0 Å². The summed E-state index contributed by atoms with van der Waals surface area (Å²) in [6.07, 6.45) is 0.887. The molecule has 6 aromatic rings. The van der Waals surface area contributed by atoms with Crippen LogP contribution in [-0.2, 0) is 89.6 Å². The van der Waals surface area contributed by atoms with Gasteiger partial charge in [-0.05, 0) is 120 Å². The first-order chi connectivity index (χ1) is 49.6. The number of carbonyl (C=O) groups is 7. The van der Waals surface area contributed by atoms with E-state index in [1.54, 1.807) is 26.3 Å². The van der Waals surface area contributed by atoms with Crippen LogP contribution in [0.3, 0.4) is 0 Å².